The van der Waals surface area contributed by atoms with Crippen molar-refractivity contribution in [1.29, 1.82) is 0 Å². The molecule has 0 bridgehead atoms. The molecule has 3 N–H and O–H groups in total. The molecule has 1 aliphatic carbocycles. The van der Waals surface area contributed by atoms with Crippen LogP contribution in [0.3, 0.4) is 0 Å². The Hall–Kier alpha value is -2.32. The van der Waals surface area contributed by atoms with Crippen LogP contribution < -0.4 is 10.1 Å². The third-order valence-corrected chi connectivity index (χ3v) is 7.69. The summed E-state index contributed by atoms with van der Waals surface area (Å²) in [6, 6.07) is 5.99. The lowest BCUT2D eigenvalue weighted by Gasteiger charge is -2.22. The second-order valence-corrected chi connectivity index (χ2v) is 9.12. The third-order valence-electron chi connectivity index (χ3n) is 5.13. The van der Waals surface area contributed by atoms with Gasteiger partial charge < -0.3 is 20.3 Å². The Bertz CT molecular complexity index is 1030. The minimum absolute atomic E-state index is 0.0463. The molecule has 0 aliphatic heterocycles. The van der Waals surface area contributed by atoms with Gasteiger partial charge >= 0.3 is 11.9 Å². The first-order valence-electron chi connectivity index (χ1n) is 9.34. The molecule has 1 aliphatic rings. The Labute approximate surface area is 169 Å². The highest BCUT2D eigenvalue weighted by molar-refractivity contribution is 7.34. The molecule has 1 fully saturated rings. The molecule has 2 aromatic heterocycles. The van der Waals surface area contributed by atoms with E-state index in [4.69, 9.17) is 9.84 Å². The number of carbonyl (C=O) groups is 2. The summed E-state index contributed by atoms with van der Waals surface area (Å²) in [5.41, 5.74) is 1.04. The van der Waals surface area contributed by atoms with E-state index in [1.54, 1.807) is 0 Å². The zero-order valence-corrected chi connectivity index (χ0v) is 16.8. The van der Waals surface area contributed by atoms with Crippen LogP contribution in [-0.2, 0) is 4.79 Å². The second kappa shape index (κ2) is 7.97. The number of anilines is 1. The van der Waals surface area contributed by atoms with Gasteiger partial charge in [0.1, 0.15) is 0 Å². The summed E-state index contributed by atoms with van der Waals surface area (Å²) >= 11 is 2.60. The summed E-state index contributed by atoms with van der Waals surface area (Å²) in [7, 11) is 0. The van der Waals surface area contributed by atoms with Crippen molar-refractivity contribution < 1.29 is 24.5 Å². The predicted molar refractivity (Wildman–Crippen MR) is 112 cm³/mol. The van der Waals surface area contributed by atoms with Crippen LogP contribution in [0.25, 0.3) is 19.5 Å². The van der Waals surface area contributed by atoms with Gasteiger partial charge in [0.15, 0.2) is 17.2 Å². The topological polar surface area (TPSA) is 95.9 Å². The quantitative estimate of drug-likeness (QED) is 0.483. The molecule has 1 aromatic carbocycles. The van der Waals surface area contributed by atoms with E-state index in [0.29, 0.717) is 10.6 Å². The summed E-state index contributed by atoms with van der Waals surface area (Å²) in [6.07, 6.45) is 6.45. The zero-order valence-electron chi connectivity index (χ0n) is 15.2. The summed E-state index contributed by atoms with van der Waals surface area (Å²) in [6.45, 7) is 0.376. The second-order valence-electron chi connectivity index (χ2n) is 7.08. The van der Waals surface area contributed by atoms with Crippen LogP contribution in [0.2, 0.25) is 0 Å². The molecule has 0 atom stereocenters. The van der Waals surface area contributed by atoms with Gasteiger partial charge in [0.2, 0.25) is 0 Å². The average molecular weight is 420 g/mol. The van der Waals surface area contributed by atoms with Gasteiger partial charge in [-0.1, -0.05) is 31.4 Å². The van der Waals surface area contributed by atoms with Crippen molar-refractivity contribution in [2.75, 3.05) is 18.5 Å². The molecule has 4 rings (SSSR count). The molecule has 148 valence electrons. The van der Waals surface area contributed by atoms with Crippen LogP contribution in [0.4, 0.5) is 5.69 Å². The summed E-state index contributed by atoms with van der Waals surface area (Å²) in [5.74, 6) is -1.38. The highest BCUT2D eigenvalue weighted by Crippen LogP contribution is 2.48. The maximum Gasteiger partial charge on any atom is 0.349 e. The Morgan fingerprint density at radius 1 is 1.07 bits per heavy atom. The van der Waals surface area contributed by atoms with E-state index in [1.807, 2.05) is 18.2 Å². The Balaban J connectivity index is 1.70. The maximum absolute atomic E-state index is 11.6. The summed E-state index contributed by atoms with van der Waals surface area (Å²) in [4.78, 5) is 22.5. The molecular formula is C20H21NO5S2. The van der Waals surface area contributed by atoms with Gasteiger partial charge in [0.25, 0.3) is 0 Å². The van der Waals surface area contributed by atoms with E-state index in [1.165, 1.54) is 43.4 Å². The molecule has 0 saturated heterocycles. The van der Waals surface area contributed by atoms with Crippen molar-refractivity contribution in [3.63, 3.8) is 0 Å². The number of fused-ring (bicyclic) bond motifs is 3. The SMILES string of the molecule is O=C(O)COc1c(C(=O)O)sc2c1sc1c(NCC3CCCCC3)cccc12. The number of nitrogens with one attached hydrogen (secondary N) is 1. The van der Waals surface area contributed by atoms with Crippen molar-refractivity contribution in [3.05, 3.63) is 23.1 Å². The molecule has 2 heterocycles. The van der Waals surface area contributed by atoms with Crippen LogP contribution in [-0.4, -0.2) is 35.3 Å². The van der Waals surface area contributed by atoms with Crippen molar-refractivity contribution in [3.8, 4) is 5.75 Å². The first kappa shape index (κ1) is 19.0. The minimum atomic E-state index is -1.13. The summed E-state index contributed by atoms with van der Waals surface area (Å²) in [5, 5.41) is 23.0. The van der Waals surface area contributed by atoms with Gasteiger partial charge in [0, 0.05) is 11.9 Å². The van der Waals surface area contributed by atoms with E-state index in [0.717, 1.165) is 38.4 Å². The third kappa shape index (κ3) is 3.66. The number of ether oxygens (including phenoxy) is 1. The predicted octanol–water partition coefficient (Wildman–Crippen LogP) is 5.27. The monoisotopic (exact) mass is 419 g/mol. The number of hydrogen-bond donors (Lipinski definition) is 3. The molecule has 0 unspecified atom stereocenters. The van der Waals surface area contributed by atoms with E-state index in [9.17, 15) is 14.7 Å². The molecule has 0 spiro atoms. The standard InChI is InChI=1S/C20H21NO5S2/c22-14(23)10-26-15-18-17(28-19(15)20(24)25)12-7-4-8-13(16(12)27-18)21-9-11-5-2-1-3-6-11/h4,7-8,11,21H,1-3,5-6,9-10H2,(H,22,23)(H,24,25). The molecule has 6 nitrogen and oxygen atoms in total. The van der Waals surface area contributed by atoms with Crippen molar-refractivity contribution in [1.82, 2.24) is 0 Å². The Morgan fingerprint density at radius 3 is 2.57 bits per heavy atom. The lowest BCUT2D eigenvalue weighted by molar-refractivity contribution is -0.139. The largest absolute Gasteiger partial charge is 0.479 e. The number of thiophene rings is 2. The van der Waals surface area contributed by atoms with Crippen molar-refractivity contribution in [2.24, 2.45) is 5.92 Å². The molecule has 28 heavy (non-hydrogen) atoms. The number of carboxylic acid groups (broad SMARTS) is 2. The van der Waals surface area contributed by atoms with Gasteiger partial charge in [-0.3, -0.25) is 0 Å². The van der Waals surface area contributed by atoms with Gasteiger partial charge in [-0.2, -0.15) is 0 Å². The number of aliphatic carboxylic acids is 1. The lowest BCUT2D eigenvalue weighted by Crippen LogP contribution is -2.17. The number of carboxylic acids is 2. The molecule has 0 amide bonds. The van der Waals surface area contributed by atoms with E-state index in [2.05, 4.69) is 5.32 Å². The molecule has 0 radical (unpaired) electrons. The van der Waals surface area contributed by atoms with E-state index in [-0.39, 0.29) is 10.6 Å². The first-order valence-corrected chi connectivity index (χ1v) is 11.0. The highest BCUT2D eigenvalue weighted by Gasteiger charge is 2.24. The maximum atomic E-state index is 11.6. The lowest BCUT2D eigenvalue weighted by atomic mass is 9.89. The van der Waals surface area contributed by atoms with Gasteiger partial charge in [0.05, 0.1) is 19.8 Å². The first-order chi connectivity index (χ1) is 13.5. The fourth-order valence-corrected chi connectivity index (χ4v) is 6.37. The minimum Gasteiger partial charge on any atom is -0.479 e. The Kier molecular flexibility index (Phi) is 5.41. The van der Waals surface area contributed by atoms with Crippen LogP contribution in [0.15, 0.2) is 18.2 Å². The average Bonchev–Trinajstić information content (AvgIpc) is 3.22. The normalized spacial score (nSPS) is 15.1. The molecule has 8 heteroatoms. The van der Waals surface area contributed by atoms with Crippen LogP contribution in [0, 0.1) is 5.92 Å². The number of aromatic carboxylic acids is 1. The Morgan fingerprint density at radius 2 is 1.86 bits per heavy atom. The number of benzene rings is 1. The fourth-order valence-electron chi connectivity index (χ4n) is 3.79. The highest BCUT2D eigenvalue weighted by atomic mass is 32.1. The van der Waals surface area contributed by atoms with Gasteiger partial charge in [-0.15, -0.1) is 22.7 Å². The van der Waals surface area contributed by atoms with Crippen LogP contribution in [0.1, 0.15) is 41.8 Å². The van der Waals surface area contributed by atoms with E-state index < -0.39 is 18.5 Å². The summed E-state index contributed by atoms with van der Waals surface area (Å²) < 4.78 is 7.94. The van der Waals surface area contributed by atoms with Crippen LogP contribution >= 0.6 is 22.7 Å². The van der Waals surface area contributed by atoms with E-state index >= 15 is 0 Å². The van der Waals surface area contributed by atoms with Crippen LogP contribution in [0.5, 0.6) is 5.75 Å². The zero-order chi connectivity index (χ0) is 19.7. The number of rotatable bonds is 7. The molecule has 3 aromatic rings. The smallest absolute Gasteiger partial charge is 0.349 e. The van der Waals surface area contributed by atoms with Crippen molar-refractivity contribution >= 4 is 59.8 Å². The molecule has 1 saturated carbocycles. The van der Waals surface area contributed by atoms with Gasteiger partial charge in [-0.25, -0.2) is 9.59 Å². The van der Waals surface area contributed by atoms with Gasteiger partial charge in [-0.05, 0) is 24.8 Å². The number of hydrogen-bond acceptors (Lipinski definition) is 6. The molecular weight excluding hydrogens is 398 g/mol. The van der Waals surface area contributed by atoms with Crippen molar-refractivity contribution in [2.45, 2.75) is 32.1 Å². The fraction of sp³-hybridized carbons (Fsp3) is 0.400.